The van der Waals surface area contributed by atoms with Crippen LogP contribution >= 0.6 is 0 Å². The van der Waals surface area contributed by atoms with Crippen molar-refractivity contribution in [2.75, 3.05) is 29.9 Å². The summed E-state index contributed by atoms with van der Waals surface area (Å²) in [6, 6.07) is 20.8. The number of carbonyl (C=O) groups excluding carboxylic acids is 2. The summed E-state index contributed by atoms with van der Waals surface area (Å²) in [5, 5.41) is 2.62. The molecular formula is C24H24N2O6S. The summed E-state index contributed by atoms with van der Waals surface area (Å²) < 4.78 is 37.1. The standard InChI is InChI=1S/C24H24N2O6S/c1-3-31-21-13-11-19(12-14-21)25-23(27)17-32-24(28)18-9-15-22(16-10-18)33(29,30)26(2)20-7-5-4-6-8-20/h4-16H,3,17H2,1-2H3,(H,25,27). The molecule has 8 nitrogen and oxygen atoms in total. The second-order valence-corrected chi connectivity index (χ2v) is 8.88. The maximum absolute atomic E-state index is 12.8. The molecule has 9 heteroatoms. The topological polar surface area (TPSA) is 102 Å². The number of carbonyl (C=O) groups is 2. The third kappa shape index (κ3) is 6.11. The van der Waals surface area contributed by atoms with Crippen molar-refractivity contribution in [1.29, 1.82) is 0 Å². The summed E-state index contributed by atoms with van der Waals surface area (Å²) in [4.78, 5) is 24.3. The van der Waals surface area contributed by atoms with Gasteiger partial charge >= 0.3 is 5.97 Å². The number of esters is 1. The molecule has 0 saturated carbocycles. The van der Waals surface area contributed by atoms with Gasteiger partial charge in [0.25, 0.3) is 15.9 Å². The number of nitrogens with zero attached hydrogens (tertiary/aromatic N) is 1. The van der Waals surface area contributed by atoms with Crippen molar-refractivity contribution >= 4 is 33.3 Å². The molecule has 0 fully saturated rings. The number of rotatable bonds is 9. The van der Waals surface area contributed by atoms with Crippen LogP contribution in [0.2, 0.25) is 0 Å². The maximum Gasteiger partial charge on any atom is 0.338 e. The maximum atomic E-state index is 12.8. The predicted molar refractivity (Wildman–Crippen MR) is 125 cm³/mol. The van der Waals surface area contributed by atoms with Crippen LogP contribution in [0.4, 0.5) is 11.4 Å². The smallest absolute Gasteiger partial charge is 0.338 e. The van der Waals surface area contributed by atoms with Crippen LogP contribution in [0.1, 0.15) is 17.3 Å². The molecule has 172 valence electrons. The van der Waals surface area contributed by atoms with Crippen molar-refractivity contribution in [2.24, 2.45) is 0 Å². The Bertz CT molecular complexity index is 1190. The summed E-state index contributed by atoms with van der Waals surface area (Å²) in [7, 11) is -2.34. The van der Waals surface area contributed by atoms with Gasteiger partial charge in [0.05, 0.1) is 22.8 Å². The molecule has 0 aliphatic heterocycles. The molecule has 0 radical (unpaired) electrons. The zero-order valence-electron chi connectivity index (χ0n) is 18.2. The van der Waals surface area contributed by atoms with Crippen LogP contribution in [0.25, 0.3) is 0 Å². The number of sulfonamides is 1. The number of amides is 1. The number of anilines is 2. The van der Waals surface area contributed by atoms with Crippen LogP contribution in [-0.4, -0.2) is 40.6 Å². The Morgan fingerprint density at radius 1 is 0.909 bits per heavy atom. The highest BCUT2D eigenvalue weighted by Gasteiger charge is 2.21. The molecule has 1 amide bonds. The lowest BCUT2D eigenvalue weighted by Crippen LogP contribution is -2.26. The van der Waals surface area contributed by atoms with E-state index in [-0.39, 0.29) is 10.5 Å². The van der Waals surface area contributed by atoms with Gasteiger partial charge in [0.1, 0.15) is 5.75 Å². The summed E-state index contributed by atoms with van der Waals surface area (Å²) in [6.07, 6.45) is 0. The summed E-state index contributed by atoms with van der Waals surface area (Å²) in [5.41, 5.74) is 1.18. The minimum atomic E-state index is -3.79. The van der Waals surface area contributed by atoms with Gasteiger partial charge < -0.3 is 14.8 Å². The Kier molecular flexibility index (Phi) is 7.68. The van der Waals surface area contributed by atoms with Crippen LogP contribution < -0.4 is 14.4 Å². The molecule has 3 rings (SSSR count). The lowest BCUT2D eigenvalue weighted by Gasteiger charge is -2.19. The van der Waals surface area contributed by atoms with Crippen LogP contribution in [-0.2, 0) is 19.6 Å². The first-order valence-corrected chi connectivity index (χ1v) is 11.6. The second-order valence-electron chi connectivity index (χ2n) is 6.91. The molecule has 3 aromatic carbocycles. The van der Waals surface area contributed by atoms with Gasteiger partial charge in [-0.05, 0) is 67.6 Å². The van der Waals surface area contributed by atoms with E-state index >= 15 is 0 Å². The quantitative estimate of drug-likeness (QED) is 0.481. The van der Waals surface area contributed by atoms with Gasteiger partial charge in [-0.1, -0.05) is 18.2 Å². The highest BCUT2D eigenvalue weighted by Crippen LogP contribution is 2.22. The van der Waals surface area contributed by atoms with Gasteiger partial charge in [-0.25, -0.2) is 13.2 Å². The van der Waals surface area contributed by atoms with E-state index < -0.39 is 28.5 Å². The molecule has 33 heavy (non-hydrogen) atoms. The van der Waals surface area contributed by atoms with Crippen LogP contribution in [0.5, 0.6) is 5.75 Å². The van der Waals surface area contributed by atoms with Gasteiger partial charge in [-0.3, -0.25) is 9.10 Å². The van der Waals surface area contributed by atoms with E-state index in [0.29, 0.717) is 23.7 Å². The number of hydrogen-bond donors (Lipinski definition) is 1. The number of hydrogen-bond acceptors (Lipinski definition) is 6. The van der Waals surface area contributed by atoms with Crippen LogP contribution in [0.3, 0.4) is 0 Å². The average molecular weight is 469 g/mol. The second kappa shape index (κ2) is 10.6. The molecular weight excluding hydrogens is 444 g/mol. The summed E-state index contributed by atoms with van der Waals surface area (Å²) in [6.45, 7) is 1.93. The van der Waals surface area contributed by atoms with Crippen LogP contribution in [0, 0.1) is 0 Å². The van der Waals surface area contributed by atoms with Crippen molar-refractivity contribution < 1.29 is 27.5 Å². The predicted octanol–water partition coefficient (Wildman–Crippen LogP) is 3.71. The molecule has 0 aliphatic carbocycles. The largest absolute Gasteiger partial charge is 0.494 e. The van der Waals surface area contributed by atoms with Gasteiger partial charge in [-0.15, -0.1) is 0 Å². The Balaban J connectivity index is 1.57. The Morgan fingerprint density at radius 2 is 1.55 bits per heavy atom. The molecule has 1 N–H and O–H groups in total. The lowest BCUT2D eigenvalue weighted by atomic mass is 10.2. The number of ether oxygens (including phenoxy) is 2. The van der Waals surface area contributed by atoms with E-state index in [1.807, 2.05) is 6.92 Å². The van der Waals surface area contributed by atoms with Gasteiger partial charge in [0.15, 0.2) is 6.61 Å². The van der Waals surface area contributed by atoms with E-state index in [2.05, 4.69) is 5.32 Å². The third-order valence-corrected chi connectivity index (χ3v) is 6.45. The fourth-order valence-corrected chi connectivity index (χ4v) is 4.11. The number of para-hydroxylation sites is 1. The van der Waals surface area contributed by atoms with E-state index in [0.717, 1.165) is 4.31 Å². The van der Waals surface area contributed by atoms with Crippen molar-refractivity contribution in [3.63, 3.8) is 0 Å². The zero-order chi connectivity index (χ0) is 23.8. The van der Waals surface area contributed by atoms with Gasteiger partial charge in [0.2, 0.25) is 0 Å². The molecule has 0 unspecified atom stereocenters. The molecule has 0 bridgehead atoms. The van der Waals surface area contributed by atoms with Crippen molar-refractivity contribution in [3.8, 4) is 5.75 Å². The highest BCUT2D eigenvalue weighted by atomic mass is 32.2. The van der Waals surface area contributed by atoms with Crippen molar-refractivity contribution in [1.82, 2.24) is 0 Å². The molecule has 0 aliphatic rings. The first kappa shape index (κ1) is 23.8. The fraction of sp³-hybridized carbons (Fsp3) is 0.167. The van der Waals surface area contributed by atoms with E-state index in [1.165, 1.54) is 31.3 Å². The summed E-state index contributed by atoms with van der Waals surface area (Å²) in [5.74, 6) is -0.559. The van der Waals surface area contributed by atoms with Gasteiger partial charge in [-0.2, -0.15) is 0 Å². The normalized spacial score (nSPS) is 10.8. The monoisotopic (exact) mass is 468 g/mol. The molecule has 0 aromatic heterocycles. The number of benzene rings is 3. The number of nitrogens with one attached hydrogen (secondary N) is 1. The van der Waals surface area contributed by atoms with Crippen LogP contribution in [0.15, 0.2) is 83.8 Å². The lowest BCUT2D eigenvalue weighted by molar-refractivity contribution is -0.119. The first-order chi connectivity index (χ1) is 15.8. The van der Waals surface area contributed by atoms with Gasteiger partial charge in [0, 0.05) is 12.7 Å². The summed E-state index contributed by atoms with van der Waals surface area (Å²) >= 11 is 0. The molecule has 0 heterocycles. The minimum absolute atomic E-state index is 0.0265. The Labute approximate surface area is 192 Å². The van der Waals surface area contributed by atoms with E-state index in [1.54, 1.807) is 54.6 Å². The zero-order valence-corrected chi connectivity index (χ0v) is 19.0. The first-order valence-electron chi connectivity index (χ1n) is 10.1. The van der Waals surface area contributed by atoms with Crippen molar-refractivity contribution in [2.45, 2.75) is 11.8 Å². The molecule has 3 aromatic rings. The Morgan fingerprint density at radius 3 is 2.15 bits per heavy atom. The Hall–Kier alpha value is -3.85. The van der Waals surface area contributed by atoms with E-state index in [9.17, 15) is 18.0 Å². The average Bonchev–Trinajstić information content (AvgIpc) is 2.84. The minimum Gasteiger partial charge on any atom is -0.494 e. The van der Waals surface area contributed by atoms with E-state index in [4.69, 9.17) is 9.47 Å². The molecule has 0 spiro atoms. The molecule has 0 saturated heterocycles. The SMILES string of the molecule is CCOc1ccc(NC(=O)COC(=O)c2ccc(S(=O)(=O)N(C)c3ccccc3)cc2)cc1. The highest BCUT2D eigenvalue weighted by molar-refractivity contribution is 7.92. The molecule has 0 atom stereocenters. The fourth-order valence-electron chi connectivity index (χ4n) is 2.91. The van der Waals surface area contributed by atoms with Crippen molar-refractivity contribution in [3.05, 3.63) is 84.4 Å². The third-order valence-electron chi connectivity index (χ3n) is 4.65.